The first-order valence-electron chi connectivity index (χ1n) is 7.08. The number of benzene rings is 1. The highest BCUT2D eigenvalue weighted by molar-refractivity contribution is 5.85. The summed E-state index contributed by atoms with van der Waals surface area (Å²) < 4.78 is 37.5. The summed E-state index contributed by atoms with van der Waals surface area (Å²) in [6, 6.07) is 5.19. The van der Waals surface area contributed by atoms with Crippen molar-refractivity contribution in [1.82, 2.24) is 4.90 Å². The van der Waals surface area contributed by atoms with Crippen LogP contribution in [0, 0.1) is 5.92 Å². The standard InChI is InChI=1S/C15H17F3N2O.ClH/c16-15(17,18)10-3-1-9(2-4-10)12-7-13(12)14(21)20-6-5-11(19)8-20;/h1-4,11-13H,5-8,19H2;1H/t11-,12?,13?;/m0./s1. The topological polar surface area (TPSA) is 46.3 Å². The van der Waals surface area contributed by atoms with Crippen molar-refractivity contribution in [3.63, 3.8) is 0 Å². The Morgan fingerprint density at radius 3 is 2.36 bits per heavy atom. The third-order valence-corrected chi connectivity index (χ3v) is 4.31. The van der Waals surface area contributed by atoms with E-state index < -0.39 is 11.7 Å². The molecular formula is C15H18ClF3N2O. The van der Waals surface area contributed by atoms with E-state index in [2.05, 4.69) is 0 Å². The van der Waals surface area contributed by atoms with Gasteiger partial charge in [0.15, 0.2) is 0 Å². The largest absolute Gasteiger partial charge is 0.416 e. The molecule has 3 nitrogen and oxygen atoms in total. The molecular weight excluding hydrogens is 317 g/mol. The monoisotopic (exact) mass is 334 g/mol. The predicted molar refractivity (Wildman–Crippen MR) is 78.7 cm³/mol. The van der Waals surface area contributed by atoms with Crippen LogP contribution in [0.2, 0.25) is 0 Å². The van der Waals surface area contributed by atoms with E-state index in [-0.39, 0.29) is 36.2 Å². The molecule has 1 saturated heterocycles. The summed E-state index contributed by atoms with van der Waals surface area (Å²) in [7, 11) is 0. The van der Waals surface area contributed by atoms with Crippen LogP contribution in [0.4, 0.5) is 13.2 Å². The maximum Gasteiger partial charge on any atom is 0.416 e. The molecule has 0 bridgehead atoms. The summed E-state index contributed by atoms with van der Waals surface area (Å²) in [6.07, 6.45) is -2.78. The molecule has 1 aliphatic carbocycles. The minimum absolute atomic E-state index is 0. The van der Waals surface area contributed by atoms with Crippen molar-refractivity contribution in [2.75, 3.05) is 13.1 Å². The minimum atomic E-state index is -4.32. The molecule has 0 radical (unpaired) electrons. The number of nitrogens with zero attached hydrogens (tertiary/aromatic N) is 1. The van der Waals surface area contributed by atoms with Crippen LogP contribution in [0.25, 0.3) is 0 Å². The van der Waals surface area contributed by atoms with Crippen LogP contribution in [0.1, 0.15) is 29.9 Å². The number of hydrogen-bond donors (Lipinski definition) is 1. The van der Waals surface area contributed by atoms with Crippen molar-refractivity contribution < 1.29 is 18.0 Å². The molecule has 2 aliphatic rings. The van der Waals surface area contributed by atoms with Gasteiger partial charge in [-0.2, -0.15) is 13.2 Å². The van der Waals surface area contributed by atoms with E-state index in [1.807, 2.05) is 0 Å². The minimum Gasteiger partial charge on any atom is -0.341 e. The first-order chi connectivity index (χ1) is 9.86. The number of hydrogen-bond acceptors (Lipinski definition) is 2. The Labute approximate surface area is 133 Å². The molecule has 3 rings (SSSR count). The highest BCUT2D eigenvalue weighted by Gasteiger charge is 2.46. The van der Waals surface area contributed by atoms with Crippen LogP contribution < -0.4 is 5.73 Å². The van der Waals surface area contributed by atoms with Crippen LogP contribution in [0.3, 0.4) is 0 Å². The van der Waals surface area contributed by atoms with Gasteiger partial charge >= 0.3 is 6.18 Å². The Morgan fingerprint density at radius 1 is 1.23 bits per heavy atom. The number of alkyl halides is 3. The van der Waals surface area contributed by atoms with Gasteiger partial charge in [-0.3, -0.25) is 4.79 Å². The third kappa shape index (κ3) is 3.38. The zero-order valence-corrected chi connectivity index (χ0v) is 12.7. The van der Waals surface area contributed by atoms with Gasteiger partial charge < -0.3 is 10.6 Å². The van der Waals surface area contributed by atoms with Gasteiger partial charge in [-0.15, -0.1) is 12.4 Å². The summed E-state index contributed by atoms with van der Waals surface area (Å²) >= 11 is 0. The highest BCUT2D eigenvalue weighted by atomic mass is 35.5. The fourth-order valence-electron chi connectivity index (χ4n) is 2.98. The number of amides is 1. The number of nitrogens with two attached hydrogens (primary N) is 1. The first-order valence-corrected chi connectivity index (χ1v) is 7.08. The van der Waals surface area contributed by atoms with Crippen molar-refractivity contribution in [2.24, 2.45) is 11.7 Å². The number of carbonyl (C=O) groups excluding carboxylic acids is 1. The Bertz CT molecular complexity index is 547. The van der Waals surface area contributed by atoms with Crippen molar-refractivity contribution in [3.05, 3.63) is 35.4 Å². The molecule has 1 saturated carbocycles. The maximum absolute atomic E-state index is 12.5. The van der Waals surface area contributed by atoms with Gasteiger partial charge in [0.2, 0.25) is 5.91 Å². The van der Waals surface area contributed by atoms with Crippen molar-refractivity contribution >= 4 is 18.3 Å². The molecule has 1 heterocycles. The van der Waals surface area contributed by atoms with Crippen molar-refractivity contribution in [1.29, 1.82) is 0 Å². The van der Waals surface area contributed by atoms with Gasteiger partial charge in [0, 0.05) is 25.0 Å². The number of rotatable bonds is 2. The van der Waals surface area contributed by atoms with Gasteiger partial charge in [0.1, 0.15) is 0 Å². The second kappa shape index (κ2) is 6.08. The number of halogens is 4. The molecule has 22 heavy (non-hydrogen) atoms. The lowest BCUT2D eigenvalue weighted by Crippen LogP contribution is -2.33. The second-order valence-electron chi connectivity index (χ2n) is 5.90. The van der Waals surface area contributed by atoms with Gasteiger partial charge in [-0.25, -0.2) is 0 Å². The zero-order valence-electron chi connectivity index (χ0n) is 11.8. The van der Waals surface area contributed by atoms with E-state index in [4.69, 9.17) is 5.73 Å². The molecule has 1 aromatic rings. The van der Waals surface area contributed by atoms with Crippen molar-refractivity contribution in [3.8, 4) is 0 Å². The SMILES string of the molecule is Cl.N[C@H]1CCN(C(=O)C2CC2c2ccc(C(F)(F)F)cc2)C1. The average Bonchev–Trinajstić information content (AvgIpc) is 3.12. The molecule has 122 valence electrons. The Balaban J connectivity index is 0.00000176. The molecule has 1 aliphatic heterocycles. The van der Waals surface area contributed by atoms with Gasteiger partial charge in [-0.1, -0.05) is 12.1 Å². The second-order valence-corrected chi connectivity index (χ2v) is 5.90. The van der Waals surface area contributed by atoms with Crippen LogP contribution >= 0.6 is 12.4 Å². The Morgan fingerprint density at radius 2 is 1.86 bits per heavy atom. The molecule has 2 fully saturated rings. The van der Waals surface area contributed by atoms with Crippen LogP contribution in [0.15, 0.2) is 24.3 Å². The van der Waals surface area contributed by atoms with Crippen LogP contribution in [0.5, 0.6) is 0 Å². The molecule has 2 unspecified atom stereocenters. The summed E-state index contributed by atoms with van der Waals surface area (Å²) in [6.45, 7) is 1.28. The lowest BCUT2D eigenvalue weighted by atomic mass is 10.1. The average molecular weight is 335 g/mol. The third-order valence-electron chi connectivity index (χ3n) is 4.31. The molecule has 2 N–H and O–H groups in total. The molecule has 0 aromatic heterocycles. The smallest absolute Gasteiger partial charge is 0.341 e. The van der Waals surface area contributed by atoms with Gasteiger partial charge in [0.25, 0.3) is 0 Å². The van der Waals surface area contributed by atoms with E-state index in [0.717, 1.165) is 30.5 Å². The van der Waals surface area contributed by atoms with E-state index in [1.165, 1.54) is 12.1 Å². The van der Waals surface area contributed by atoms with Gasteiger partial charge in [0.05, 0.1) is 5.56 Å². The highest BCUT2D eigenvalue weighted by Crippen LogP contribution is 2.49. The quantitative estimate of drug-likeness (QED) is 0.904. The number of likely N-dealkylation sites (tertiary alicyclic amines) is 1. The summed E-state index contributed by atoms with van der Waals surface area (Å²) in [4.78, 5) is 14.0. The fraction of sp³-hybridized carbons (Fsp3) is 0.533. The van der Waals surface area contributed by atoms with Crippen molar-refractivity contribution in [2.45, 2.75) is 31.0 Å². The molecule has 0 spiro atoms. The molecule has 1 aromatic carbocycles. The Hall–Kier alpha value is -1.27. The van der Waals surface area contributed by atoms with Crippen LogP contribution in [-0.2, 0) is 11.0 Å². The lowest BCUT2D eigenvalue weighted by Gasteiger charge is -2.15. The van der Waals surface area contributed by atoms with E-state index in [1.54, 1.807) is 4.90 Å². The maximum atomic E-state index is 12.5. The molecule has 1 amide bonds. The van der Waals surface area contributed by atoms with Gasteiger partial charge in [-0.05, 0) is 36.5 Å². The lowest BCUT2D eigenvalue weighted by molar-refractivity contribution is -0.137. The fourth-order valence-corrected chi connectivity index (χ4v) is 2.98. The summed E-state index contributed by atoms with van der Waals surface area (Å²) in [5, 5.41) is 0. The Kier molecular flexibility index (Phi) is 4.73. The van der Waals surface area contributed by atoms with E-state index >= 15 is 0 Å². The molecule has 7 heteroatoms. The summed E-state index contributed by atoms with van der Waals surface area (Å²) in [5.41, 5.74) is 5.94. The normalized spacial score (nSPS) is 27.5. The summed E-state index contributed by atoms with van der Waals surface area (Å²) in [5.74, 6) is 0.0523. The van der Waals surface area contributed by atoms with E-state index in [9.17, 15) is 18.0 Å². The van der Waals surface area contributed by atoms with Crippen LogP contribution in [-0.4, -0.2) is 29.9 Å². The first kappa shape index (κ1) is 17.1. The molecule has 3 atom stereocenters. The van der Waals surface area contributed by atoms with E-state index in [0.29, 0.717) is 13.1 Å². The number of carbonyl (C=O) groups is 1. The predicted octanol–water partition coefficient (Wildman–Crippen LogP) is 2.79. The zero-order chi connectivity index (χ0) is 15.2.